The largest absolute Gasteiger partial charge is 0.390 e. The van der Waals surface area contributed by atoms with Gasteiger partial charge in [-0.1, -0.05) is 34.8 Å². The van der Waals surface area contributed by atoms with Gasteiger partial charge in [0.2, 0.25) is 0 Å². The molecule has 1 aromatic rings. The van der Waals surface area contributed by atoms with Crippen molar-refractivity contribution in [2.45, 2.75) is 12.0 Å². The highest BCUT2D eigenvalue weighted by molar-refractivity contribution is 6.43. The highest BCUT2D eigenvalue weighted by Gasteiger charge is 2.45. The van der Waals surface area contributed by atoms with Gasteiger partial charge in [-0.2, -0.15) is 0 Å². The third-order valence-electron chi connectivity index (χ3n) is 3.44. The van der Waals surface area contributed by atoms with Crippen LogP contribution in [-0.2, 0) is 0 Å². The molecule has 2 rings (SSSR count). The molecule has 0 bridgehead atoms. The van der Waals surface area contributed by atoms with Crippen molar-refractivity contribution in [2.75, 3.05) is 32.8 Å². The van der Waals surface area contributed by atoms with E-state index in [0.29, 0.717) is 26.2 Å². The highest BCUT2D eigenvalue weighted by atomic mass is 35.5. The summed E-state index contributed by atoms with van der Waals surface area (Å²) in [5.41, 5.74) is 0.134. The molecular formula is C13H16Cl4F2N2O. The van der Waals surface area contributed by atoms with Gasteiger partial charge in [0.05, 0.1) is 10.0 Å². The maximum Gasteiger partial charge on any atom is 0.289 e. The Kier molecular flexibility index (Phi) is 7.60. The Labute approximate surface area is 148 Å². The molecule has 0 aliphatic carbocycles. The third-order valence-corrected chi connectivity index (χ3v) is 4.48. The predicted octanol–water partition coefficient (Wildman–Crippen LogP) is 3.64. The van der Waals surface area contributed by atoms with Crippen LogP contribution in [0.1, 0.15) is 11.6 Å². The number of aliphatic hydroxyl groups excluding tert-OH is 1. The molecule has 3 nitrogen and oxygen atoms in total. The van der Waals surface area contributed by atoms with Crippen LogP contribution < -0.4 is 5.32 Å². The number of halogens is 6. The Hall–Kier alpha value is 0.120. The average Bonchev–Trinajstić information content (AvgIpc) is 2.45. The summed E-state index contributed by atoms with van der Waals surface area (Å²) in [4.78, 5) is 1.58. The van der Waals surface area contributed by atoms with Crippen molar-refractivity contribution in [3.05, 3.63) is 32.8 Å². The summed E-state index contributed by atoms with van der Waals surface area (Å²) in [6.07, 6.45) is 0. The zero-order valence-electron chi connectivity index (χ0n) is 11.5. The van der Waals surface area contributed by atoms with E-state index in [9.17, 15) is 8.78 Å². The van der Waals surface area contributed by atoms with Crippen LogP contribution in [0.5, 0.6) is 0 Å². The Balaban J connectivity index is 0.00000242. The van der Waals surface area contributed by atoms with Crippen LogP contribution in [0, 0.1) is 0 Å². The average molecular weight is 396 g/mol. The zero-order chi connectivity index (χ0) is 15.6. The number of benzene rings is 1. The van der Waals surface area contributed by atoms with E-state index in [1.165, 1.54) is 12.1 Å². The van der Waals surface area contributed by atoms with E-state index < -0.39 is 18.6 Å². The van der Waals surface area contributed by atoms with Gasteiger partial charge in [-0.05, 0) is 17.7 Å². The molecule has 1 aliphatic rings. The molecule has 0 amide bonds. The van der Waals surface area contributed by atoms with Crippen molar-refractivity contribution in [1.82, 2.24) is 10.2 Å². The van der Waals surface area contributed by atoms with Crippen LogP contribution in [-0.4, -0.2) is 48.7 Å². The number of aliphatic hydroxyl groups is 1. The first-order valence-corrected chi connectivity index (χ1v) is 7.58. The molecule has 2 N–H and O–H groups in total. The molecule has 0 unspecified atom stereocenters. The van der Waals surface area contributed by atoms with Crippen LogP contribution in [0.2, 0.25) is 15.1 Å². The highest BCUT2D eigenvalue weighted by Crippen LogP contribution is 2.42. The van der Waals surface area contributed by atoms with Gasteiger partial charge in [-0.25, -0.2) is 8.78 Å². The van der Waals surface area contributed by atoms with Crippen LogP contribution >= 0.6 is 47.2 Å². The molecule has 22 heavy (non-hydrogen) atoms. The first kappa shape index (κ1) is 20.2. The molecule has 1 fully saturated rings. The topological polar surface area (TPSA) is 35.5 Å². The van der Waals surface area contributed by atoms with Gasteiger partial charge < -0.3 is 10.4 Å². The van der Waals surface area contributed by atoms with E-state index >= 15 is 0 Å². The monoisotopic (exact) mass is 394 g/mol. The molecule has 1 aromatic carbocycles. The number of hydrogen-bond donors (Lipinski definition) is 2. The van der Waals surface area contributed by atoms with E-state index in [0.717, 1.165) is 0 Å². The normalized spacial score (nSPS) is 17.9. The second-order valence-electron chi connectivity index (χ2n) is 4.90. The number of hydrogen-bond acceptors (Lipinski definition) is 3. The third kappa shape index (κ3) is 4.35. The molecule has 0 spiro atoms. The van der Waals surface area contributed by atoms with Crippen LogP contribution in [0.25, 0.3) is 0 Å². The van der Waals surface area contributed by atoms with Crippen LogP contribution in [0.4, 0.5) is 8.78 Å². The van der Waals surface area contributed by atoms with Crippen molar-refractivity contribution in [2.24, 2.45) is 0 Å². The summed E-state index contributed by atoms with van der Waals surface area (Å²) < 4.78 is 28.5. The van der Waals surface area contributed by atoms with Crippen LogP contribution in [0.3, 0.4) is 0 Å². The van der Waals surface area contributed by atoms with Gasteiger partial charge in [-0.15, -0.1) is 12.4 Å². The maximum atomic E-state index is 14.3. The Morgan fingerprint density at radius 1 is 1.23 bits per heavy atom. The van der Waals surface area contributed by atoms with Gasteiger partial charge in [0, 0.05) is 31.2 Å². The first-order chi connectivity index (χ1) is 9.86. The molecule has 0 saturated carbocycles. The summed E-state index contributed by atoms with van der Waals surface area (Å²) in [5, 5.41) is 12.6. The smallest absolute Gasteiger partial charge is 0.289 e. The quantitative estimate of drug-likeness (QED) is 0.764. The number of nitrogens with one attached hydrogen (secondary N) is 1. The van der Waals surface area contributed by atoms with Gasteiger partial charge in [0.1, 0.15) is 12.6 Å². The molecule has 1 aliphatic heterocycles. The van der Waals surface area contributed by atoms with E-state index in [1.807, 2.05) is 0 Å². The molecule has 1 saturated heterocycles. The van der Waals surface area contributed by atoms with Gasteiger partial charge in [0.25, 0.3) is 5.92 Å². The lowest BCUT2D eigenvalue weighted by atomic mass is 9.98. The summed E-state index contributed by atoms with van der Waals surface area (Å²) in [6.45, 7) is 0.733. The number of piperazine rings is 1. The predicted molar refractivity (Wildman–Crippen MR) is 87.9 cm³/mol. The summed E-state index contributed by atoms with van der Waals surface area (Å²) in [5.74, 6) is -3.35. The minimum atomic E-state index is -3.35. The molecule has 1 heterocycles. The number of alkyl halides is 2. The SMILES string of the molecule is Cl.OCC(F)(F)[C@H](c1cc(Cl)cc(Cl)c1Cl)N1CCNCC1. The Morgan fingerprint density at radius 3 is 2.36 bits per heavy atom. The molecular weight excluding hydrogens is 380 g/mol. The van der Waals surface area contributed by atoms with Gasteiger partial charge in [-0.3, -0.25) is 4.90 Å². The summed E-state index contributed by atoms with van der Waals surface area (Å²) in [7, 11) is 0. The fourth-order valence-electron chi connectivity index (χ4n) is 2.49. The molecule has 1 atom stereocenters. The van der Waals surface area contributed by atoms with Gasteiger partial charge in [0.15, 0.2) is 0 Å². The van der Waals surface area contributed by atoms with Crippen molar-refractivity contribution in [3.63, 3.8) is 0 Å². The standard InChI is InChI=1S/C13H15Cl3F2N2O.ClH/c14-8-5-9(11(16)10(15)6-8)12(13(17,18)7-21)20-3-1-19-2-4-20;/h5-6,12,19,21H,1-4,7H2;1H/t12-;/m0./s1. The number of rotatable bonds is 4. The first-order valence-electron chi connectivity index (χ1n) is 6.44. The Bertz CT molecular complexity index is 513. The van der Waals surface area contributed by atoms with Crippen LogP contribution in [0.15, 0.2) is 12.1 Å². The minimum absolute atomic E-state index is 0. The van der Waals surface area contributed by atoms with E-state index in [1.54, 1.807) is 4.90 Å². The van der Waals surface area contributed by atoms with Crippen molar-refractivity contribution in [1.29, 1.82) is 0 Å². The molecule has 0 aromatic heterocycles. The fraction of sp³-hybridized carbons (Fsp3) is 0.538. The summed E-state index contributed by atoms with van der Waals surface area (Å²) >= 11 is 18.0. The molecule has 9 heteroatoms. The second-order valence-corrected chi connectivity index (χ2v) is 6.12. The fourth-order valence-corrected chi connectivity index (χ4v) is 3.21. The summed E-state index contributed by atoms with van der Waals surface area (Å²) in [6, 6.07) is 1.42. The van der Waals surface area contributed by atoms with Gasteiger partial charge >= 0.3 is 0 Å². The zero-order valence-corrected chi connectivity index (χ0v) is 14.5. The lowest BCUT2D eigenvalue weighted by Crippen LogP contribution is -2.51. The number of nitrogens with zero attached hydrogens (tertiary/aromatic N) is 1. The minimum Gasteiger partial charge on any atom is -0.390 e. The molecule has 126 valence electrons. The van der Waals surface area contributed by atoms with E-state index in [2.05, 4.69) is 5.32 Å². The molecule has 0 radical (unpaired) electrons. The van der Waals surface area contributed by atoms with E-state index in [-0.39, 0.29) is 33.0 Å². The van der Waals surface area contributed by atoms with Crippen molar-refractivity contribution in [3.8, 4) is 0 Å². The second kappa shape index (κ2) is 8.29. The van der Waals surface area contributed by atoms with Crippen molar-refractivity contribution < 1.29 is 13.9 Å². The maximum absolute atomic E-state index is 14.3. The van der Waals surface area contributed by atoms with E-state index in [4.69, 9.17) is 39.9 Å². The van der Waals surface area contributed by atoms with Crippen molar-refractivity contribution >= 4 is 47.2 Å². The lowest BCUT2D eigenvalue weighted by Gasteiger charge is -2.39. The lowest BCUT2D eigenvalue weighted by molar-refractivity contribution is -0.118. The Morgan fingerprint density at radius 2 is 1.82 bits per heavy atom.